The standard InChI is InChI=1S/C19H22FN5O2/c1-19(22)6-3-7-25(11-19)16-15(17(26)24(2)18(27)23-16)9-13-8-14(20)5-4-12(13)10-21/h4-5,8H,3,6-7,9,11,22H2,1-2H3,(H,23,27)/t19-/m1/s1. The number of nitriles is 1. The molecule has 0 bridgehead atoms. The van der Waals surface area contributed by atoms with Crippen molar-refractivity contribution in [1.29, 1.82) is 5.26 Å². The summed E-state index contributed by atoms with van der Waals surface area (Å²) in [4.78, 5) is 29.7. The SMILES string of the molecule is Cn1c(=O)[nH]c(N2CCC[C@@](C)(N)C2)c(Cc2cc(F)ccc2C#N)c1=O. The van der Waals surface area contributed by atoms with Crippen LogP contribution >= 0.6 is 0 Å². The third-order valence-corrected chi connectivity index (χ3v) is 4.98. The van der Waals surface area contributed by atoms with Crippen LogP contribution in [0.15, 0.2) is 27.8 Å². The number of halogens is 1. The molecular formula is C19H22FN5O2. The fraction of sp³-hybridized carbons (Fsp3) is 0.421. The molecule has 1 aliphatic rings. The third kappa shape index (κ3) is 3.78. The van der Waals surface area contributed by atoms with Gasteiger partial charge in [-0.05, 0) is 43.5 Å². The van der Waals surface area contributed by atoms with Crippen molar-refractivity contribution in [3.8, 4) is 6.07 Å². The lowest BCUT2D eigenvalue weighted by atomic mass is 9.92. The van der Waals surface area contributed by atoms with Crippen LogP contribution in [0.4, 0.5) is 10.2 Å². The molecule has 2 heterocycles. The van der Waals surface area contributed by atoms with Gasteiger partial charge in [-0.2, -0.15) is 5.26 Å². The van der Waals surface area contributed by atoms with Crippen molar-refractivity contribution >= 4 is 5.82 Å². The Balaban J connectivity index is 2.14. The highest BCUT2D eigenvalue weighted by Crippen LogP contribution is 2.25. The summed E-state index contributed by atoms with van der Waals surface area (Å²) in [6.45, 7) is 3.06. The molecule has 1 fully saturated rings. The van der Waals surface area contributed by atoms with Gasteiger partial charge in [-0.25, -0.2) is 9.18 Å². The first-order valence-corrected chi connectivity index (χ1v) is 8.76. The lowest BCUT2D eigenvalue weighted by Crippen LogP contribution is -2.53. The number of aromatic amines is 1. The van der Waals surface area contributed by atoms with Gasteiger partial charge in [0.05, 0.1) is 17.2 Å². The van der Waals surface area contributed by atoms with Crippen molar-refractivity contribution in [2.45, 2.75) is 31.7 Å². The molecule has 1 saturated heterocycles. The first-order valence-electron chi connectivity index (χ1n) is 8.76. The van der Waals surface area contributed by atoms with Crippen molar-refractivity contribution in [3.05, 3.63) is 61.5 Å². The predicted molar refractivity (Wildman–Crippen MR) is 100 cm³/mol. The second kappa shape index (κ2) is 7.00. The number of nitrogens with zero attached hydrogens (tertiary/aromatic N) is 3. The van der Waals surface area contributed by atoms with Gasteiger partial charge in [0.25, 0.3) is 5.56 Å². The number of H-pyrrole nitrogens is 1. The maximum Gasteiger partial charge on any atom is 0.329 e. The van der Waals surface area contributed by atoms with E-state index in [2.05, 4.69) is 4.98 Å². The van der Waals surface area contributed by atoms with E-state index in [0.717, 1.165) is 17.4 Å². The Bertz CT molecular complexity index is 1030. The lowest BCUT2D eigenvalue weighted by molar-refractivity contribution is 0.372. The van der Waals surface area contributed by atoms with E-state index in [0.29, 0.717) is 30.0 Å². The fourth-order valence-corrected chi connectivity index (χ4v) is 3.55. The first kappa shape index (κ1) is 18.9. The van der Waals surface area contributed by atoms with Crippen LogP contribution in [0.1, 0.15) is 36.5 Å². The molecule has 1 aromatic carbocycles. The van der Waals surface area contributed by atoms with E-state index >= 15 is 0 Å². The van der Waals surface area contributed by atoms with E-state index < -0.39 is 22.6 Å². The minimum Gasteiger partial charge on any atom is -0.356 e. The van der Waals surface area contributed by atoms with Crippen LogP contribution in [0.5, 0.6) is 0 Å². The molecule has 1 aromatic heterocycles. The number of anilines is 1. The van der Waals surface area contributed by atoms with Crippen LogP contribution in [0.3, 0.4) is 0 Å². The van der Waals surface area contributed by atoms with Gasteiger partial charge >= 0.3 is 5.69 Å². The Morgan fingerprint density at radius 1 is 1.41 bits per heavy atom. The first-order chi connectivity index (χ1) is 12.7. The molecule has 8 heteroatoms. The molecule has 3 rings (SSSR count). The Morgan fingerprint density at radius 2 is 2.15 bits per heavy atom. The zero-order valence-electron chi connectivity index (χ0n) is 15.4. The fourth-order valence-electron chi connectivity index (χ4n) is 3.55. The topological polar surface area (TPSA) is 108 Å². The normalized spacial score (nSPS) is 19.7. The Hall–Kier alpha value is -2.92. The number of piperidine rings is 1. The van der Waals surface area contributed by atoms with Crippen LogP contribution in [0.25, 0.3) is 0 Å². The molecule has 1 aliphatic heterocycles. The molecule has 1 atom stereocenters. The van der Waals surface area contributed by atoms with Gasteiger partial charge in [-0.3, -0.25) is 14.3 Å². The van der Waals surface area contributed by atoms with Crippen molar-refractivity contribution in [1.82, 2.24) is 9.55 Å². The molecule has 27 heavy (non-hydrogen) atoms. The third-order valence-electron chi connectivity index (χ3n) is 4.98. The minimum atomic E-state index is -0.525. The Kier molecular flexibility index (Phi) is 4.89. The Morgan fingerprint density at radius 3 is 2.81 bits per heavy atom. The number of rotatable bonds is 3. The van der Waals surface area contributed by atoms with Gasteiger partial charge in [0.2, 0.25) is 0 Å². The molecule has 142 valence electrons. The van der Waals surface area contributed by atoms with Crippen molar-refractivity contribution in [3.63, 3.8) is 0 Å². The Labute approximate surface area is 155 Å². The quantitative estimate of drug-likeness (QED) is 0.837. The number of aromatic nitrogens is 2. The molecule has 0 aliphatic carbocycles. The summed E-state index contributed by atoms with van der Waals surface area (Å²) in [5.74, 6) is -0.0908. The molecule has 0 amide bonds. The molecule has 2 aromatic rings. The monoisotopic (exact) mass is 371 g/mol. The summed E-state index contributed by atoms with van der Waals surface area (Å²) >= 11 is 0. The molecule has 3 N–H and O–H groups in total. The van der Waals surface area contributed by atoms with Crippen molar-refractivity contribution in [2.75, 3.05) is 18.0 Å². The summed E-state index contributed by atoms with van der Waals surface area (Å²) in [6, 6.07) is 5.86. The van der Waals surface area contributed by atoms with Gasteiger partial charge in [0.1, 0.15) is 11.6 Å². The van der Waals surface area contributed by atoms with Crippen LogP contribution < -0.4 is 21.9 Å². The summed E-state index contributed by atoms with van der Waals surface area (Å²) in [5.41, 5.74) is 5.84. The van der Waals surface area contributed by atoms with E-state index in [9.17, 15) is 19.2 Å². The largest absolute Gasteiger partial charge is 0.356 e. The summed E-state index contributed by atoms with van der Waals surface area (Å²) < 4.78 is 14.7. The van der Waals surface area contributed by atoms with Gasteiger partial charge in [-0.15, -0.1) is 0 Å². The van der Waals surface area contributed by atoms with Crippen LogP contribution in [-0.2, 0) is 13.5 Å². The zero-order valence-corrected chi connectivity index (χ0v) is 15.4. The smallest absolute Gasteiger partial charge is 0.329 e. The van der Waals surface area contributed by atoms with E-state index in [-0.39, 0.29) is 12.0 Å². The highest BCUT2D eigenvalue weighted by Gasteiger charge is 2.29. The summed E-state index contributed by atoms with van der Waals surface area (Å²) in [7, 11) is 1.38. The lowest BCUT2D eigenvalue weighted by Gasteiger charge is -2.39. The van der Waals surface area contributed by atoms with E-state index in [1.54, 1.807) is 0 Å². The molecule has 0 unspecified atom stereocenters. The average Bonchev–Trinajstić information content (AvgIpc) is 2.61. The minimum absolute atomic E-state index is 0.0389. The van der Waals surface area contributed by atoms with Gasteiger partial charge in [0.15, 0.2) is 0 Å². The van der Waals surface area contributed by atoms with Crippen LogP contribution in [0, 0.1) is 17.1 Å². The summed E-state index contributed by atoms with van der Waals surface area (Å²) in [5, 5.41) is 9.30. The van der Waals surface area contributed by atoms with Gasteiger partial charge in [-0.1, -0.05) is 0 Å². The average molecular weight is 371 g/mol. The highest BCUT2D eigenvalue weighted by atomic mass is 19.1. The molecule has 0 spiro atoms. The van der Waals surface area contributed by atoms with Gasteiger partial charge in [0, 0.05) is 32.1 Å². The maximum atomic E-state index is 13.7. The number of benzene rings is 1. The van der Waals surface area contributed by atoms with E-state index in [4.69, 9.17) is 5.73 Å². The second-order valence-corrected chi connectivity index (χ2v) is 7.39. The number of hydrogen-bond acceptors (Lipinski definition) is 5. The number of nitrogens with one attached hydrogen (secondary N) is 1. The predicted octanol–water partition coefficient (Wildman–Crippen LogP) is 0.993. The summed E-state index contributed by atoms with van der Waals surface area (Å²) in [6.07, 6.45) is 1.71. The van der Waals surface area contributed by atoms with E-state index in [1.807, 2.05) is 17.9 Å². The molecule has 0 saturated carbocycles. The van der Waals surface area contributed by atoms with Gasteiger partial charge < -0.3 is 10.6 Å². The zero-order chi connectivity index (χ0) is 19.8. The maximum absolute atomic E-state index is 13.7. The molecule has 0 radical (unpaired) electrons. The second-order valence-electron chi connectivity index (χ2n) is 7.39. The van der Waals surface area contributed by atoms with E-state index in [1.165, 1.54) is 25.2 Å². The number of nitrogens with two attached hydrogens (primary N) is 1. The van der Waals surface area contributed by atoms with Crippen LogP contribution in [-0.4, -0.2) is 28.2 Å². The molecular weight excluding hydrogens is 349 g/mol. The molecule has 7 nitrogen and oxygen atoms in total. The van der Waals surface area contributed by atoms with Crippen molar-refractivity contribution in [2.24, 2.45) is 12.8 Å². The number of hydrogen-bond donors (Lipinski definition) is 2. The van der Waals surface area contributed by atoms with Crippen LogP contribution in [0.2, 0.25) is 0 Å². The highest BCUT2D eigenvalue weighted by molar-refractivity contribution is 5.51. The van der Waals surface area contributed by atoms with Crippen molar-refractivity contribution < 1.29 is 4.39 Å².